The predicted molar refractivity (Wildman–Crippen MR) is 184 cm³/mol. The van der Waals surface area contributed by atoms with E-state index in [9.17, 15) is 9.90 Å². The van der Waals surface area contributed by atoms with Gasteiger partial charge in [-0.05, 0) is 80.2 Å². The van der Waals surface area contributed by atoms with Crippen LogP contribution >= 0.6 is 0 Å². The molecule has 7 N–H and O–H groups in total. The van der Waals surface area contributed by atoms with Gasteiger partial charge in [0.2, 0.25) is 0 Å². The number of nitrogens with one attached hydrogen (secondary N) is 4. The minimum absolute atomic E-state index is 0.0237. The highest BCUT2D eigenvalue weighted by Crippen LogP contribution is 2.38. The number of benzene rings is 2. The highest BCUT2D eigenvalue weighted by Gasteiger charge is 2.30. The molecule has 248 valence electrons. The van der Waals surface area contributed by atoms with E-state index in [0.717, 1.165) is 30.5 Å². The van der Waals surface area contributed by atoms with Gasteiger partial charge in [-0.1, -0.05) is 57.2 Å². The first-order valence-electron chi connectivity index (χ1n) is 16.1. The van der Waals surface area contributed by atoms with E-state index in [-0.39, 0.29) is 41.5 Å². The van der Waals surface area contributed by atoms with Crippen molar-refractivity contribution in [3.05, 3.63) is 101 Å². The number of hydrogen-bond donors (Lipinski definition) is 6. The lowest BCUT2D eigenvalue weighted by Crippen LogP contribution is -2.42. The molecule has 47 heavy (non-hydrogen) atoms. The molecule has 11 heteroatoms. The topological polar surface area (TPSA) is 165 Å². The third kappa shape index (κ3) is 8.16. The molecule has 3 aromatic rings. The number of likely N-dealkylation sites (tertiary alicyclic amines) is 1. The zero-order valence-electron chi connectivity index (χ0n) is 27.6. The number of amidine groups is 1. The Bertz CT molecular complexity index is 1740. The summed E-state index contributed by atoms with van der Waals surface area (Å²) in [5, 5.41) is 32.8. The van der Waals surface area contributed by atoms with Crippen LogP contribution < -0.4 is 26.6 Å². The lowest BCUT2D eigenvalue weighted by atomic mass is 9.85. The second kappa shape index (κ2) is 14.4. The molecule has 1 fully saturated rings. The van der Waals surface area contributed by atoms with Crippen molar-refractivity contribution >= 4 is 23.4 Å². The SMILES string of the molecule is CN1CCC[C@H]1C(=N)n1cc(O[C@@H]2CC[C@H](NC(=O)NC(/C=C(\N)C(C)(C)C)=Nc3cccc(CO)c3)c3ccccc32)ccc1=N. The smallest absolute Gasteiger partial charge is 0.320 e. The molecule has 1 saturated heterocycles. The molecule has 11 nitrogen and oxygen atoms in total. The molecule has 1 aliphatic heterocycles. The van der Waals surface area contributed by atoms with Gasteiger partial charge in [-0.15, -0.1) is 0 Å². The Labute approximate surface area is 276 Å². The summed E-state index contributed by atoms with van der Waals surface area (Å²) in [6, 6.07) is 17.8. The number of amides is 2. The first-order chi connectivity index (χ1) is 22.4. The van der Waals surface area contributed by atoms with Gasteiger partial charge in [0, 0.05) is 17.2 Å². The molecule has 1 aromatic heterocycles. The van der Waals surface area contributed by atoms with Gasteiger partial charge in [-0.25, -0.2) is 9.79 Å². The summed E-state index contributed by atoms with van der Waals surface area (Å²) >= 11 is 0. The summed E-state index contributed by atoms with van der Waals surface area (Å²) in [5.74, 6) is 1.25. The third-order valence-electron chi connectivity index (χ3n) is 8.78. The fourth-order valence-electron chi connectivity index (χ4n) is 5.99. The molecule has 5 rings (SSSR count). The van der Waals surface area contributed by atoms with E-state index in [0.29, 0.717) is 41.4 Å². The summed E-state index contributed by atoms with van der Waals surface area (Å²) in [7, 11) is 2.02. The number of ether oxygens (including phenoxy) is 1. The average molecular weight is 639 g/mol. The van der Waals surface area contributed by atoms with Crippen LogP contribution in [0.5, 0.6) is 5.75 Å². The number of fused-ring (bicyclic) bond motifs is 1. The van der Waals surface area contributed by atoms with Crippen molar-refractivity contribution in [3.8, 4) is 5.75 Å². The molecule has 0 radical (unpaired) electrons. The van der Waals surface area contributed by atoms with Crippen LogP contribution in [0.4, 0.5) is 10.5 Å². The van der Waals surface area contributed by atoms with E-state index in [1.54, 1.807) is 53.2 Å². The number of nitrogens with zero attached hydrogens (tertiary/aromatic N) is 3. The molecular formula is C36H46N8O3. The van der Waals surface area contributed by atoms with Crippen LogP contribution in [0.3, 0.4) is 0 Å². The molecule has 0 spiro atoms. The predicted octanol–water partition coefficient (Wildman–Crippen LogP) is 5.25. The van der Waals surface area contributed by atoms with Gasteiger partial charge >= 0.3 is 6.03 Å². The van der Waals surface area contributed by atoms with Crippen molar-refractivity contribution in [2.75, 3.05) is 13.6 Å². The lowest BCUT2D eigenvalue weighted by molar-refractivity contribution is 0.171. The summed E-state index contributed by atoms with van der Waals surface area (Å²) in [6.07, 6.45) is 6.38. The average Bonchev–Trinajstić information content (AvgIpc) is 3.48. The molecule has 2 aromatic carbocycles. The van der Waals surface area contributed by atoms with E-state index >= 15 is 0 Å². The van der Waals surface area contributed by atoms with Gasteiger partial charge in [-0.2, -0.15) is 0 Å². The van der Waals surface area contributed by atoms with Crippen LogP contribution in [0.15, 0.2) is 83.6 Å². The Morgan fingerprint density at radius 2 is 1.87 bits per heavy atom. The number of allylic oxidation sites excluding steroid dienone is 1. The first-order valence-corrected chi connectivity index (χ1v) is 16.1. The zero-order chi connectivity index (χ0) is 33.7. The molecular weight excluding hydrogens is 592 g/mol. The van der Waals surface area contributed by atoms with E-state index in [1.165, 1.54) is 0 Å². The number of carbonyl (C=O) groups excluding carboxylic acids is 1. The van der Waals surface area contributed by atoms with Crippen LogP contribution in [-0.4, -0.2) is 51.9 Å². The minimum atomic E-state index is -0.415. The largest absolute Gasteiger partial charge is 0.484 e. The number of aromatic nitrogens is 1. The Kier molecular flexibility index (Phi) is 10.3. The molecule has 0 bridgehead atoms. The lowest BCUT2D eigenvalue weighted by Gasteiger charge is -2.32. The zero-order valence-corrected chi connectivity index (χ0v) is 27.6. The molecule has 0 saturated carbocycles. The van der Waals surface area contributed by atoms with Gasteiger partial charge in [0.1, 0.15) is 29.0 Å². The number of urea groups is 1. The number of aliphatic imine (C=N–C) groups is 1. The molecule has 1 aliphatic carbocycles. The number of aliphatic hydroxyl groups is 1. The molecule has 2 heterocycles. The minimum Gasteiger partial charge on any atom is -0.484 e. The number of pyridine rings is 1. The quantitative estimate of drug-likeness (QED) is 0.153. The molecule has 2 amide bonds. The summed E-state index contributed by atoms with van der Waals surface area (Å²) in [5.41, 5.74) is 10.1. The van der Waals surface area contributed by atoms with E-state index in [4.69, 9.17) is 21.3 Å². The van der Waals surface area contributed by atoms with Gasteiger partial charge in [0.15, 0.2) is 0 Å². The normalized spacial score (nSPS) is 20.4. The van der Waals surface area contributed by atoms with E-state index in [2.05, 4.69) is 20.5 Å². The maximum atomic E-state index is 13.4. The highest BCUT2D eigenvalue weighted by atomic mass is 16.5. The number of rotatable bonds is 7. The molecule has 3 atom stereocenters. The second-order valence-corrected chi connectivity index (χ2v) is 13.3. The monoisotopic (exact) mass is 638 g/mol. The van der Waals surface area contributed by atoms with Crippen LogP contribution in [0, 0.1) is 16.2 Å². The van der Waals surface area contributed by atoms with Crippen molar-refractivity contribution in [2.24, 2.45) is 16.1 Å². The Morgan fingerprint density at radius 1 is 1.11 bits per heavy atom. The van der Waals surface area contributed by atoms with Crippen LogP contribution in [0.25, 0.3) is 0 Å². The van der Waals surface area contributed by atoms with E-state index in [1.807, 2.05) is 52.1 Å². The van der Waals surface area contributed by atoms with Crippen LogP contribution in [0.1, 0.15) is 75.3 Å². The number of hydrogen-bond acceptors (Lipinski definition) is 8. The summed E-state index contributed by atoms with van der Waals surface area (Å²) in [4.78, 5) is 20.2. The van der Waals surface area contributed by atoms with Crippen molar-refractivity contribution < 1.29 is 14.6 Å². The standard InChI is InChI=1S/C36H46N8O3/c1-36(2,3)31(37)20-33(40-24-10-7-9-23(19-24)22-45)42-35(46)41-28-15-16-30(27-12-6-5-11-26(27)28)47-25-14-17-32(38)44(21-25)34(39)29-13-8-18-43(29)4/h5-7,9-12,14,17,19-21,28-30,38-39,45H,8,13,15-16,18,22,37H2,1-4H3,(H2,40,41,42,46)/b31-20-,38-32?,39-34?/t28-,29-,30+/m0/s1. The van der Waals surface area contributed by atoms with Crippen molar-refractivity contribution in [1.29, 1.82) is 10.8 Å². The number of aliphatic hydroxyl groups excluding tert-OH is 1. The van der Waals surface area contributed by atoms with Gasteiger partial charge in [0.05, 0.1) is 30.6 Å². The van der Waals surface area contributed by atoms with Crippen LogP contribution in [-0.2, 0) is 6.61 Å². The fourth-order valence-corrected chi connectivity index (χ4v) is 5.99. The highest BCUT2D eigenvalue weighted by molar-refractivity contribution is 6.05. The third-order valence-corrected chi connectivity index (χ3v) is 8.78. The van der Waals surface area contributed by atoms with Gasteiger partial charge < -0.3 is 20.9 Å². The van der Waals surface area contributed by atoms with Crippen molar-refractivity contribution in [3.63, 3.8) is 0 Å². The van der Waals surface area contributed by atoms with Crippen LogP contribution in [0.2, 0.25) is 0 Å². The second-order valence-electron chi connectivity index (χ2n) is 13.3. The maximum absolute atomic E-state index is 13.4. The first kappa shape index (κ1) is 33.6. The van der Waals surface area contributed by atoms with Crippen molar-refractivity contribution in [1.82, 2.24) is 20.1 Å². The number of carbonyl (C=O) groups is 1. The van der Waals surface area contributed by atoms with Gasteiger partial charge in [-0.3, -0.25) is 25.6 Å². The summed E-state index contributed by atoms with van der Waals surface area (Å²) < 4.78 is 8.10. The van der Waals surface area contributed by atoms with Crippen molar-refractivity contribution in [2.45, 2.75) is 71.2 Å². The Morgan fingerprint density at radius 3 is 2.57 bits per heavy atom. The Hall–Kier alpha value is -4.74. The molecule has 0 unspecified atom stereocenters. The number of nitrogens with two attached hydrogens (primary N) is 1. The fraction of sp³-hybridized carbons (Fsp3) is 0.389. The van der Waals surface area contributed by atoms with Gasteiger partial charge in [0.25, 0.3) is 0 Å². The van der Waals surface area contributed by atoms with E-state index < -0.39 is 6.03 Å². The summed E-state index contributed by atoms with van der Waals surface area (Å²) in [6.45, 7) is 6.78. The number of likely N-dealkylation sites (N-methyl/N-ethyl adjacent to an activating group) is 1. The Balaban J connectivity index is 1.33. The molecule has 2 aliphatic rings. The maximum Gasteiger partial charge on any atom is 0.320 e.